The molecule has 5 nitrogen and oxygen atoms in total. The van der Waals surface area contributed by atoms with E-state index in [1.165, 1.54) is 6.20 Å². The van der Waals surface area contributed by atoms with E-state index in [1.807, 2.05) is 0 Å². The molecule has 0 spiro atoms. The first-order valence-corrected chi connectivity index (χ1v) is 5.00. The third kappa shape index (κ3) is 1.99. The second-order valence-corrected chi connectivity index (χ2v) is 3.73. The smallest absolute Gasteiger partial charge is 0.254 e. The van der Waals surface area contributed by atoms with Crippen molar-refractivity contribution in [3.8, 4) is 6.07 Å². The van der Waals surface area contributed by atoms with E-state index in [4.69, 9.17) is 5.26 Å². The minimum absolute atomic E-state index is 0.00241. The Morgan fingerprint density at radius 2 is 2.53 bits per heavy atom. The fraction of sp³-hybridized carbons (Fsp3) is 0.500. The van der Waals surface area contributed by atoms with E-state index < -0.39 is 0 Å². The number of nitrogens with one attached hydrogen (secondary N) is 2. The lowest BCUT2D eigenvalue weighted by molar-refractivity contribution is 0.0933. The molecule has 1 fully saturated rings. The normalized spacial score (nSPS) is 24.7. The molecule has 2 rings (SSSR count). The van der Waals surface area contributed by atoms with Crippen LogP contribution < -0.4 is 5.32 Å². The Morgan fingerprint density at radius 1 is 1.67 bits per heavy atom. The standard InChI is InChI=1S/C10H12N4O/c11-4-7-2-1-3-9(7)14-10(15)8-5-12-13-6-8/h5-7,9H,1-3H2,(H,12,13)(H,14,15). The van der Waals surface area contributed by atoms with Gasteiger partial charge in [-0.2, -0.15) is 10.4 Å². The largest absolute Gasteiger partial charge is 0.348 e. The van der Waals surface area contributed by atoms with Crippen molar-refractivity contribution in [2.24, 2.45) is 5.92 Å². The summed E-state index contributed by atoms with van der Waals surface area (Å²) in [6.45, 7) is 0. The van der Waals surface area contributed by atoms with Gasteiger partial charge in [0.15, 0.2) is 0 Å². The number of H-pyrrole nitrogens is 1. The van der Waals surface area contributed by atoms with E-state index in [0.717, 1.165) is 19.3 Å². The van der Waals surface area contributed by atoms with E-state index in [-0.39, 0.29) is 17.9 Å². The summed E-state index contributed by atoms with van der Waals surface area (Å²) in [5.74, 6) is -0.197. The van der Waals surface area contributed by atoms with Gasteiger partial charge in [0, 0.05) is 12.2 Å². The molecule has 2 atom stereocenters. The van der Waals surface area contributed by atoms with Gasteiger partial charge in [0.1, 0.15) is 0 Å². The first kappa shape index (κ1) is 9.71. The van der Waals surface area contributed by atoms with Crippen molar-refractivity contribution in [1.82, 2.24) is 15.5 Å². The molecule has 1 aromatic rings. The molecule has 2 unspecified atom stereocenters. The highest BCUT2D eigenvalue weighted by molar-refractivity contribution is 5.93. The number of nitrogens with zero attached hydrogens (tertiary/aromatic N) is 2. The molecule has 1 amide bonds. The Labute approximate surface area is 87.5 Å². The molecule has 5 heteroatoms. The number of carbonyl (C=O) groups is 1. The van der Waals surface area contributed by atoms with E-state index in [0.29, 0.717) is 5.56 Å². The second-order valence-electron chi connectivity index (χ2n) is 3.73. The van der Waals surface area contributed by atoms with Crippen LogP contribution in [0.1, 0.15) is 29.6 Å². The van der Waals surface area contributed by atoms with Crippen LogP contribution in [0.2, 0.25) is 0 Å². The van der Waals surface area contributed by atoms with Gasteiger partial charge in [0.05, 0.1) is 23.7 Å². The number of hydrogen-bond donors (Lipinski definition) is 2. The maximum atomic E-state index is 11.6. The van der Waals surface area contributed by atoms with Gasteiger partial charge in [-0.25, -0.2) is 0 Å². The van der Waals surface area contributed by atoms with Crippen LogP contribution >= 0.6 is 0 Å². The predicted octanol–water partition coefficient (Wildman–Crippen LogP) is 0.832. The van der Waals surface area contributed by atoms with Gasteiger partial charge in [-0.1, -0.05) is 0 Å². The van der Waals surface area contributed by atoms with Gasteiger partial charge in [0.25, 0.3) is 5.91 Å². The molecule has 2 N–H and O–H groups in total. The summed E-state index contributed by atoms with van der Waals surface area (Å²) in [5, 5.41) is 18.0. The molecule has 1 aromatic heterocycles. The Hall–Kier alpha value is -1.83. The molecule has 1 aliphatic rings. The van der Waals surface area contributed by atoms with Crippen molar-refractivity contribution < 1.29 is 4.79 Å². The molecule has 0 aromatic carbocycles. The van der Waals surface area contributed by atoms with Gasteiger partial charge in [0.2, 0.25) is 0 Å². The molecule has 1 heterocycles. The Bertz CT molecular complexity index is 379. The van der Waals surface area contributed by atoms with Crippen LogP contribution in [-0.2, 0) is 0 Å². The highest BCUT2D eigenvalue weighted by atomic mass is 16.1. The molecule has 0 bridgehead atoms. The zero-order chi connectivity index (χ0) is 10.7. The summed E-state index contributed by atoms with van der Waals surface area (Å²) >= 11 is 0. The molecular formula is C10H12N4O. The number of aromatic nitrogens is 2. The molecule has 1 saturated carbocycles. The van der Waals surface area contributed by atoms with E-state index in [2.05, 4.69) is 21.6 Å². The average Bonchev–Trinajstić information content (AvgIpc) is 2.87. The van der Waals surface area contributed by atoms with Crippen LogP contribution in [0.25, 0.3) is 0 Å². The topological polar surface area (TPSA) is 81.6 Å². The monoisotopic (exact) mass is 204 g/mol. The highest BCUT2D eigenvalue weighted by Gasteiger charge is 2.28. The lowest BCUT2D eigenvalue weighted by atomic mass is 10.1. The summed E-state index contributed by atoms with van der Waals surface area (Å²) in [7, 11) is 0. The zero-order valence-corrected chi connectivity index (χ0v) is 8.23. The van der Waals surface area contributed by atoms with E-state index in [1.54, 1.807) is 6.20 Å². The van der Waals surface area contributed by atoms with Crippen LogP contribution in [0.15, 0.2) is 12.4 Å². The second kappa shape index (κ2) is 4.13. The van der Waals surface area contributed by atoms with Gasteiger partial charge < -0.3 is 5.32 Å². The summed E-state index contributed by atoms with van der Waals surface area (Å²) in [5.41, 5.74) is 0.513. The molecule has 15 heavy (non-hydrogen) atoms. The minimum Gasteiger partial charge on any atom is -0.348 e. The summed E-state index contributed by atoms with van der Waals surface area (Å²) in [4.78, 5) is 11.6. The Balaban J connectivity index is 1.98. The van der Waals surface area contributed by atoms with Crippen LogP contribution in [0, 0.1) is 17.2 Å². The number of hydrogen-bond acceptors (Lipinski definition) is 3. The first-order chi connectivity index (χ1) is 7.31. The molecule has 0 radical (unpaired) electrons. The van der Waals surface area contributed by atoms with E-state index >= 15 is 0 Å². The van der Waals surface area contributed by atoms with Gasteiger partial charge in [-0.15, -0.1) is 0 Å². The zero-order valence-electron chi connectivity index (χ0n) is 8.23. The quantitative estimate of drug-likeness (QED) is 0.748. The van der Waals surface area contributed by atoms with Crippen LogP contribution in [-0.4, -0.2) is 22.1 Å². The molecular weight excluding hydrogens is 192 g/mol. The molecule has 1 aliphatic carbocycles. The van der Waals surface area contributed by atoms with Gasteiger partial charge >= 0.3 is 0 Å². The number of aromatic amines is 1. The first-order valence-electron chi connectivity index (χ1n) is 5.00. The summed E-state index contributed by atoms with van der Waals surface area (Å²) in [6, 6.07) is 2.22. The van der Waals surface area contributed by atoms with Crippen LogP contribution in [0.3, 0.4) is 0 Å². The van der Waals surface area contributed by atoms with Crippen LogP contribution in [0.4, 0.5) is 0 Å². The molecule has 78 valence electrons. The summed E-state index contributed by atoms with van der Waals surface area (Å²) in [6.07, 6.45) is 5.81. The fourth-order valence-corrected chi connectivity index (χ4v) is 1.91. The number of nitriles is 1. The van der Waals surface area contributed by atoms with Crippen molar-refractivity contribution in [3.05, 3.63) is 18.0 Å². The Morgan fingerprint density at radius 3 is 3.20 bits per heavy atom. The van der Waals surface area contributed by atoms with Crippen LogP contribution in [0.5, 0.6) is 0 Å². The van der Waals surface area contributed by atoms with Crippen molar-refractivity contribution in [3.63, 3.8) is 0 Å². The summed E-state index contributed by atoms with van der Waals surface area (Å²) < 4.78 is 0. The lowest BCUT2D eigenvalue weighted by Gasteiger charge is -2.14. The van der Waals surface area contributed by atoms with E-state index in [9.17, 15) is 4.79 Å². The average molecular weight is 204 g/mol. The third-order valence-electron chi connectivity index (χ3n) is 2.76. The number of rotatable bonds is 2. The fourth-order valence-electron chi connectivity index (χ4n) is 1.91. The highest BCUT2D eigenvalue weighted by Crippen LogP contribution is 2.24. The van der Waals surface area contributed by atoms with Crippen molar-refractivity contribution in [2.45, 2.75) is 25.3 Å². The molecule has 0 saturated heterocycles. The van der Waals surface area contributed by atoms with Gasteiger partial charge in [-0.05, 0) is 19.3 Å². The van der Waals surface area contributed by atoms with Crippen molar-refractivity contribution in [1.29, 1.82) is 5.26 Å². The number of amides is 1. The maximum absolute atomic E-state index is 11.6. The molecule has 0 aliphatic heterocycles. The minimum atomic E-state index is -0.157. The predicted molar refractivity (Wildman–Crippen MR) is 52.8 cm³/mol. The third-order valence-corrected chi connectivity index (χ3v) is 2.76. The number of carbonyl (C=O) groups excluding carboxylic acids is 1. The maximum Gasteiger partial charge on any atom is 0.254 e. The van der Waals surface area contributed by atoms with Crippen molar-refractivity contribution in [2.75, 3.05) is 0 Å². The Kier molecular flexibility index (Phi) is 2.68. The lowest BCUT2D eigenvalue weighted by Crippen LogP contribution is -2.36. The van der Waals surface area contributed by atoms with Gasteiger partial charge in [-0.3, -0.25) is 9.89 Å². The SMILES string of the molecule is N#CC1CCCC1NC(=O)c1cn[nH]c1. The van der Waals surface area contributed by atoms with Crippen molar-refractivity contribution >= 4 is 5.91 Å².